The summed E-state index contributed by atoms with van der Waals surface area (Å²) in [5.74, 6) is 6.39. The molecule has 0 aromatic heterocycles. The van der Waals surface area contributed by atoms with E-state index in [0.29, 0.717) is 5.92 Å². The summed E-state index contributed by atoms with van der Waals surface area (Å²) < 4.78 is 5.84. The van der Waals surface area contributed by atoms with Crippen LogP contribution in [-0.4, -0.2) is 18.8 Å². The number of nitrogens with two attached hydrogens (primary N) is 1. The Morgan fingerprint density at radius 1 is 1.20 bits per heavy atom. The standard InChI is InChI=1S/C17H28N2O/c1-13(2)15-8-6-14(7-9-15)12-16(19-18)17(20-3)10-4-5-11-17/h6-9,13,16,19H,4-5,10-12,18H2,1-3H3. The van der Waals surface area contributed by atoms with Gasteiger partial charge in [-0.25, -0.2) is 0 Å². The number of methoxy groups -OCH3 is 1. The van der Waals surface area contributed by atoms with E-state index >= 15 is 0 Å². The zero-order valence-corrected chi connectivity index (χ0v) is 13.0. The summed E-state index contributed by atoms with van der Waals surface area (Å²) in [6, 6.07) is 9.07. The number of nitrogens with one attached hydrogen (secondary N) is 1. The molecule has 1 aliphatic carbocycles. The topological polar surface area (TPSA) is 47.3 Å². The minimum Gasteiger partial charge on any atom is -0.377 e. The van der Waals surface area contributed by atoms with E-state index in [-0.39, 0.29) is 11.6 Å². The molecule has 0 radical (unpaired) electrons. The first-order chi connectivity index (χ1) is 9.61. The molecule has 3 nitrogen and oxygen atoms in total. The average Bonchev–Trinajstić information content (AvgIpc) is 2.95. The van der Waals surface area contributed by atoms with Crippen LogP contribution in [0, 0.1) is 0 Å². The van der Waals surface area contributed by atoms with Crippen LogP contribution in [0.1, 0.15) is 56.6 Å². The van der Waals surface area contributed by atoms with Gasteiger partial charge in [-0.15, -0.1) is 0 Å². The van der Waals surface area contributed by atoms with Crippen LogP contribution in [-0.2, 0) is 11.2 Å². The van der Waals surface area contributed by atoms with Crippen molar-refractivity contribution in [1.29, 1.82) is 0 Å². The normalized spacial score (nSPS) is 19.4. The molecule has 0 spiro atoms. The van der Waals surface area contributed by atoms with Gasteiger partial charge in [-0.1, -0.05) is 51.0 Å². The highest BCUT2D eigenvalue weighted by Crippen LogP contribution is 2.36. The number of hydrogen-bond donors (Lipinski definition) is 2. The Hall–Kier alpha value is -0.900. The van der Waals surface area contributed by atoms with Gasteiger partial charge < -0.3 is 4.74 Å². The van der Waals surface area contributed by atoms with E-state index in [4.69, 9.17) is 10.6 Å². The summed E-state index contributed by atoms with van der Waals surface area (Å²) >= 11 is 0. The lowest BCUT2D eigenvalue weighted by atomic mass is 9.87. The van der Waals surface area contributed by atoms with Crippen molar-refractivity contribution in [2.75, 3.05) is 7.11 Å². The Labute approximate surface area is 122 Å². The molecule has 20 heavy (non-hydrogen) atoms. The van der Waals surface area contributed by atoms with E-state index in [9.17, 15) is 0 Å². The molecule has 3 heteroatoms. The van der Waals surface area contributed by atoms with Crippen molar-refractivity contribution in [3.8, 4) is 0 Å². The van der Waals surface area contributed by atoms with Crippen molar-refractivity contribution in [2.45, 2.75) is 63.5 Å². The zero-order chi connectivity index (χ0) is 14.6. The van der Waals surface area contributed by atoms with Crippen LogP contribution in [0.4, 0.5) is 0 Å². The van der Waals surface area contributed by atoms with Crippen molar-refractivity contribution in [3.05, 3.63) is 35.4 Å². The highest BCUT2D eigenvalue weighted by Gasteiger charge is 2.41. The maximum atomic E-state index is 5.84. The number of ether oxygens (including phenoxy) is 1. The van der Waals surface area contributed by atoms with Crippen LogP contribution < -0.4 is 11.3 Å². The second-order valence-corrected chi connectivity index (χ2v) is 6.30. The number of benzene rings is 1. The Bertz CT molecular complexity index is 408. The van der Waals surface area contributed by atoms with Crippen molar-refractivity contribution >= 4 is 0 Å². The summed E-state index contributed by atoms with van der Waals surface area (Å²) in [4.78, 5) is 0. The van der Waals surface area contributed by atoms with Gasteiger partial charge in [0, 0.05) is 7.11 Å². The smallest absolute Gasteiger partial charge is 0.0847 e. The van der Waals surface area contributed by atoms with Crippen LogP contribution >= 0.6 is 0 Å². The summed E-state index contributed by atoms with van der Waals surface area (Å²) in [7, 11) is 1.82. The molecule has 112 valence electrons. The molecular formula is C17H28N2O. The van der Waals surface area contributed by atoms with Gasteiger partial charge in [0.05, 0.1) is 11.6 Å². The first-order valence-electron chi connectivity index (χ1n) is 7.71. The minimum absolute atomic E-state index is 0.0918. The second-order valence-electron chi connectivity index (χ2n) is 6.30. The van der Waals surface area contributed by atoms with Crippen LogP contribution in [0.25, 0.3) is 0 Å². The van der Waals surface area contributed by atoms with Crippen molar-refractivity contribution in [3.63, 3.8) is 0 Å². The quantitative estimate of drug-likeness (QED) is 0.620. The zero-order valence-electron chi connectivity index (χ0n) is 13.0. The molecule has 1 saturated carbocycles. The minimum atomic E-state index is -0.0918. The Morgan fingerprint density at radius 3 is 2.25 bits per heavy atom. The summed E-state index contributed by atoms with van der Waals surface area (Å²) in [5, 5.41) is 0. The van der Waals surface area contributed by atoms with Gasteiger partial charge in [-0.05, 0) is 36.3 Å². The average molecular weight is 276 g/mol. The van der Waals surface area contributed by atoms with Gasteiger partial charge in [0.25, 0.3) is 0 Å². The van der Waals surface area contributed by atoms with Crippen molar-refractivity contribution < 1.29 is 4.74 Å². The fourth-order valence-corrected chi connectivity index (χ4v) is 3.34. The molecule has 1 unspecified atom stereocenters. The first kappa shape index (κ1) is 15.5. The molecular weight excluding hydrogens is 248 g/mol. The van der Waals surface area contributed by atoms with Gasteiger partial charge in [0.15, 0.2) is 0 Å². The van der Waals surface area contributed by atoms with E-state index in [1.54, 1.807) is 0 Å². The van der Waals surface area contributed by atoms with Gasteiger partial charge >= 0.3 is 0 Å². The predicted octanol–water partition coefficient (Wildman–Crippen LogP) is 3.14. The molecule has 0 bridgehead atoms. The van der Waals surface area contributed by atoms with Crippen LogP contribution in [0.15, 0.2) is 24.3 Å². The lowest BCUT2D eigenvalue weighted by Gasteiger charge is -2.36. The molecule has 3 N–H and O–H groups in total. The molecule has 2 rings (SSSR count). The highest BCUT2D eigenvalue weighted by atomic mass is 16.5. The fourth-order valence-electron chi connectivity index (χ4n) is 3.34. The van der Waals surface area contributed by atoms with Gasteiger partial charge in [-0.2, -0.15) is 0 Å². The van der Waals surface area contributed by atoms with Crippen molar-refractivity contribution in [1.82, 2.24) is 5.43 Å². The molecule has 0 heterocycles. The lowest BCUT2D eigenvalue weighted by Crippen LogP contribution is -2.54. The maximum absolute atomic E-state index is 5.84. The van der Waals surface area contributed by atoms with E-state index in [1.165, 1.54) is 24.0 Å². The van der Waals surface area contributed by atoms with Gasteiger partial charge in [0.2, 0.25) is 0 Å². The monoisotopic (exact) mass is 276 g/mol. The molecule has 1 fully saturated rings. The third-order valence-electron chi connectivity index (χ3n) is 4.78. The Kier molecular flexibility index (Phi) is 5.19. The van der Waals surface area contributed by atoms with Gasteiger partial charge in [0.1, 0.15) is 0 Å². The molecule has 0 saturated heterocycles. The Morgan fingerprint density at radius 2 is 1.80 bits per heavy atom. The lowest BCUT2D eigenvalue weighted by molar-refractivity contribution is -0.0355. The highest BCUT2D eigenvalue weighted by molar-refractivity contribution is 5.26. The van der Waals surface area contributed by atoms with Crippen LogP contribution in [0.3, 0.4) is 0 Å². The summed E-state index contributed by atoms with van der Waals surface area (Å²) in [6.45, 7) is 4.44. The molecule has 1 aromatic rings. The van der Waals surface area contributed by atoms with Gasteiger partial charge in [-0.3, -0.25) is 11.3 Å². The fraction of sp³-hybridized carbons (Fsp3) is 0.647. The first-order valence-corrected chi connectivity index (χ1v) is 7.71. The number of hydrazine groups is 1. The molecule has 1 atom stereocenters. The molecule has 1 aliphatic rings. The van der Waals surface area contributed by atoms with E-state index in [0.717, 1.165) is 19.3 Å². The van der Waals surface area contributed by atoms with E-state index in [2.05, 4.69) is 43.5 Å². The van der Waals surface area contributed by atoms with Crippen LogP contribution in [0.2, 0.25) is 0 Å². The second kappa shape index (κ2) is 6.70. The van der Waals surface area contributed by atoms with Crippen molar-refractivity contribution in [2.24, 2.45) is 5.84 Å². The third kappa shape index (κ3) is 3.22. The molecule has 0 aliphatic heterocycles. The number of hydrogen-bond acceptors (Lipinski definition) is 3. The predicted molar refractivity (Wildman–Crippen MR) is 83.6 cm³/mol. The number of rotatable bonds is 6. The SMILES string of the molecule is COC1(C(Cc2ccc(C(C)C)cc2)NN)CCCC1. The van der Waals surface area contributed by atoms with Crippen LogP contribution in [0.5, 0.6) is 0 Å². The molecule has 1 aromatic carbocycles. The summed E-state index contributed by atoms with van der Waals surface area (Å²) in [6.07, 6.45) is 5.59. The van der Waals surface area contributed by atoms with E-state index < -0.39 is 0 Å². The largest absolute Gasteiger partial charge is 0.377 e. The Balaban J connectivity index is 2.09. The summed E-state index contributed by atoms with van der Waals surface area (Å²) in [5.41, 5.74) is 5.61. The molecule has 0 amide bonds. The maximum Gasteiger partial charge on any atom is 0.0847 e. The van der Waals surface area contributed by atoms with E-state index in [1.807, 2.05) is 7.11 Å². The third-order valence-corrected chi connectivity index (χ3v) is 4.78.